The van der Waals surface area contributed by atoms with Crippen molar-refractivity contribution in [1.29, 1.82) is 5.26 Å². The molecule has 2 aromatic rings. The van der Waals surface area contributed by atoms with E-state index in [-0.39, 0.29) is 6.61 Å². The molecule has 0 bridgehead atoms. The van der Waals surface area contributed by atoms with Crippen molar-refractivity contribution in [3.05, 3.63) is 70.2 Å². The molecule has 106 valence electrons. The number of rotatable bonds is 4. The number of nitrogens with one attached hydrogen (secondary N) is 1. The van der Waals surface area contributed by atoms with Crippen LogP contribution in [0.4, 0.5) is 4.79 Å². The molecule has 5 heteroatoms. The van der Waals surface area contributed by atoms with E-state index in [0.29, 0.717) is 5.56 Å². The lowest BCUT2D eigenvalue weighted by Gasteiger charge is -2.12. The Balaban J connectivity index is 1.91. The number of nitrogens with zero attached hydrogens (tertiary/aromatic N) is 1. The molecule has 0 radical (unpaired) electrons. The summed E-state index contributed by atoms with van der Waals surface area (Å²) in [5, 5.41) is 11.7. The first-order valence-corrected chi connectivity index (χ1v) is 7.10. The first-order valence-electron chi connectivity index (χ1n) is 6.31. The van der Waals surface area contributed by atoms with Crippen LogP contribution < -0.4 is 5.32 Å². The Morgan fingerprint density at radius 3 is 2.48 bits per heavy atom. The predicted molar refractivity (Wildman–Crippen MR) is 82.3 cm³/mol. The van der Waals surface area contributed by atoms with Crippen molar-refractivity contribution in [1.82, 2.24) is 5.32 Å². The maximum absolute atomic E-state index is 11.7. The van der Waals surface area contributed by atoms with Crippen LogP contribution in [0, 0.1) is 11.3 Å². The standard InChI is InChI=1S/C16H13BrN2O2/c17-14-8-6-13(7-9-14)15(10-18)19-16(20)21-11-12-4-2-1-3-5-12/h1-9,15H,11H2,(H,19,20). The summed E-state index contributed by atoms with van der Waals surface area (Å²) in [5.74, 6) is 0. The quantitative estimate of drug-likeness (QED) is 0.913. The van der Waals surface area contributed by atoms with Gasteiger partial charge in [0.15, 0.2) is 0 Å². The van der Waals surface area contributed by atoms with Gasteiger partial charge < -0.3 is 10.1 Å². The molecule has 0 spiro atoms. The average Bonchev–Trinajstić information content (AvgIpc) is 2.52. The van der Waals surface area contributed by atoms with Crippen molar-refractivity contribution < 1.29 is 9.53 Å². The molecule has 0 saturated heterocycles. The molecule has 0 fully saturated rings. The normalized spacial score (nSPS) is 11.2. The van der Waals surface area contributed by atoms with Gasteiger partial charge in [-0.2, -0.15) is 5.26 Å². The van der Waals surface area contributed by atoms with Crippen LogP contribution in [0.5, 0.6) is 0 Å². The molecule has 0 aromatic heterocycles. The molecule has 1 N–H and O–H groups in total. The number of hydrogen-bond donors (Lipinski definition) is 1. The van der Waals surface area contributed by atoms with Crippen LogP contribution >= 0.6 is 15.9 Å². The third-order valence-electron chi connectivity index (χ3n) is 2.81. The second-order valence-corrected chi connectivity index (χ2v) is 5.24. The fourth-order valence-corrected chi connectivity index (χ4v) is 1.99. The number of hydrogen-bond acceptors (Lipinski definition) is 3. The fraction of sp³-hybridized carbons (Fsp3) is 0.125. The van der Waals surface area contributed by atoms with Crippen LogP contribution in [0.25, 0.3) is 0 Å². The fourth-order valence-electron chi connectivity index (χ4n) is 1.73. The zero-order chi connectivity index (χ0) is 15.1. The lowest BCUT2D eigenvalue weighted by Crippen LogP contribution is -2.28. The Labute approximate surface area is 131 Å². The Bertz CT molecular complexity index is 636. The summed E-state index contributed by atoms with van der Waals surface area (Å²) in [6, 6.07) is 17.8. The highest BCUT2D eigenvalue weighted by molar-refractivity contribution is 9.10. The molecule has 1 unspecified atom stereocenters. The van der Waals surface area contributed by atoms with Gasteiger partial charge in [0, 0.05) is 4.47 Å². The number of halogens is 1. The van der Waals surface area contributed by atoms with E-state index in [1.165, 1.54) is 0 Å². The minimum atomic E-state index is -0.735. The molecule has 4 nitrogen and oxygen atoms in total. The van der Waals surface area contributed by atoms with Crippen molar-refractivity contribution in [3.63, 3.8) is 0 Å². The van der Waals surface area contributed by atoms with Crippen LogP contribution in [0.1, 0.15) is 17.2 Å². The Hall–Kier alpha value is -2.32. The Morgan fingerprint density at radius 1 is 1.19 bits per heavy atom. The summed E-state index contributed by atoms with van der Waals surface area (Å²) in [4.78, 5) is 11.7. The molecular formula is C16H13BrN2O2. The zero-order valence-corrected chi connectivity index (χ0v) is 12.7. The van der Waals surface area contributed by atoms with Crippen LogP contribution in [0.3, 0.4) is 0 Å². The highest BCUT2D eigenvalue weighted by atomic mass is 79.9. The Morgan fingerprint density at radius 2 is 1.86 bits per heavy atom. The summed E-state index contributed by atoms with van der Waals surface area (Å²) < 4.78 is 6.01. The number of amides is 1. The molecule has 1 amide bonds. The van der Waals surface area contributed by atoms with Crippen LogP contribution in [-0.4, -0.2) is 6.09 Å². The van der Waals surface area contributed by atoms with Gasteiger partial charge in [-0.15, -0.1) is 0 Å². The van der Waals surface area contributed by atoms with Gasteiger partial charge in [-0.3, -0.25) is 0 Å². The highest BCUT2D eigenvalue weighted by Crippen LogP contribution is 2.16. The molecule has 0 saturated carbocycles. The lowest BCUT2D eigenvalue weighted by molar-refractivity contribution is 0.137. The zero-order valence-electron chi connectivity index (χ0n) is 11.1. The molecule has 21 heavy (non-hydrogen) atoms. The van der Waals surface area contributed by atoms with Crippen molar-refractivity contribution in [3.8, 4) is 6.07 Å². The number of carbonyl (C=O) groups is 1. The third-order valence-corrected chi connectivity index (χ3v) is 3.34. The topological polar surface area (TPSA) is 62.1 Å². The van der Waals surface area contributed by atoms with Gasteiger partial charge in [0.2, 0.25) is 0 Å². The minimum absolute atomic E-state index is 0.172. The predicted octanol–water partition coefficient (Wildman–Crippen LogP) is 3.94. The van der Waals surface area contributed by atoms with Crippen LogP contribution in [-0.2, 0) is 11.3 Å². The summed E-state index contributed by atoms with van der Waals surface area (Å²) in [6.45, 7) is 0.172. The van der Waals surface area contributed by atoms with Crippen molar-refractivity contribution in [2.24, 2.45) is 0 Å². The summed E-state index contributed by atoms with van der Waals surface area (Å²) in [7, 11) is 0. The summed E-state index contributed by atoms with van der Waals surface area (Å²) >= 11 is 3.32. The molecule has 2 rings (SSSR count). The molecule has 1 atom stereocenters. The minimum Gasteiger partial charge on any atom is -0.445 e. The largest absolute Gasteiger partial charge is 0.445 e. The molecule has 0 aliphatic rings. The second-order valence-electron chi connectivity index (χ2n) is 4.32. The van der Waals surface area contributed by atoms with Gasteiger partial charge in [-0.05, 0) is 23.3 Å². The van der Waals surface area contributed by atoms with E-state index in [2.05, 4.69) is 21.2 Å². The highest BCUT2D eigenvalue weighted by Gasteiger charge is 2.14. The first kappa shape index (κ1) is 15.1. The molecule has 2 aromatic carbocycles. The Kier molecular flexibility index (Phi) is 5.35. The van der Waals surface area contributed by atoms with E-state index in [0.717, 1.165) is 10.0 Å². The van der Waals surface area contributed by atoms with E-state index >= 15 is 0 Å². The van der Waals surface area contributed by atoms with Crippen molar-refractivity contribution >= 4 is 22.0 Å². The second kappa shape index (κ2) is 7.46. The first-order chi connectivity index (χ1) is 10.2. The summed E-state index contributed by atoms with van der Waals surface area (Å²) in [5.41, 5.74) is 1.60. The van der Waals surface area contributed by atoms with Crippen molar-refractivity contribution in [2.45, 2.75) is 12.6 Å². The molecular weight excluding hydrogens is 332 g/mol. The van der Waals surface area contributed by atoms with E-state index < -0.39 is 12.1 Å². The average molecular weight is 345 g/mol. The van der Waals surface area contributed by atoms with Crippen molar-refractivity contribution in [2.75, 3.05) is 0 Å². The number of ether oxygens (including phenoxy) is 1. The molecule has 0 aliphatic carbocycles. The number of nitriles is 1. The van der Waals surface area contributed by atoms with Gasteiger partial charge in [0.05, 0.1) is 6.07 Å². The number of carbonyl (C=O) groups excluding carboxylic acids is 1. The number of alkyl carbamates (subject to hydrolysis) is 1. The SMILES string of the molecule is N#CC(NC(=O)OCc1ccccc1)c1ccc(Br)cc1. The van der Waals surface area contributed by atoms with Gasteiger partial charge in [0.1, 0.15) is 12.6 Å². The molecule has 0 heterocycles. The van der Waals surface area contributed by atoms with E-state index in [1.807, 2.05) is 48.5 Å². The maximum Gasteiger partial charge on any atom is 0.408 e. The van der Waals surface area contributed by atoms with E-state index in [1.54, 1.807) is 12.1 Å². The van der Waals surface area contributed by atoms with Crippen LogP contribution in [0.15, 0.2) is 59.1 Å². The third kappa shape index (κ3) is 4.62. The van der Waals surface area contributed by atoms with Gasteiger partial charge in [0.25, 0.3) is 0 Å². The smallest absolute Gasteiger partial charge is 0.408 e. The number of benzene rings is 2. The van der Waals surface area contributed by atoms with E-state index in [4.69, 9.17) is 10.00 Å². The molecule has 0 aliphatic heterocycles. The van der Waals surface area contributed by atoms with E-state index in [9.17, 15) is 4.79 Å². The van der Waals surface area contributed by atoms with Crippen LogP contribution in [0.2, 0.25) is 0 Å². The van der Waals surface area contributed by atoms with Gasteiger partial charge >= 0.3 is 6.09 Å². The van der Waals surface area contributed by atoms with Gasteiger partial charge in [-0.1, -0.05) is 58.4 Å². The van der Waals surface area contributed by atoms with Gasteiger partial charge in [-0.25, -0.2) is 4.79 Å². The monoisotopic (exact) mass is 344 g/mol. The maximum atomic E-state index is 11.7. The lowest BCUT2D eigenvalue weighted by atomic mass is 10.1. The summed E-state index contributed by atoms with van der Waals surface area (Å²) in [6.07, 6.45) is -0.617.